The van der Waals surface area contributed by atoms with Gasteiger partial charge in [0, 0.05) is 23.5 Å². The Morgan fingerprint density at radius 3 is 1.27 bits per heavy atom. The second-order valence-electron chi connectivity index (χ2n) is 5.92. The van der Waals surface area contributed by atoms with E-state index >= 15 is 0 Å². The van der Waals surface area contributed by atoms with Crippen molar-refractivity contribution in [1.82, 2.24) is 19.9 Å². The SMILES string of the molecule is FC(F)(F)c1ccc(-c2ncoc2-c2ocnc2-c2ccc(C(F)(F)F)nc2)cn1. The lowest BCUT2D eigenvalue weighted by molar-refractivity contribution is -0.141. The molecule has 4 aromatic heterocycles. The van der Waals surface area contributed by atoms with Gasteiger partial charge in [0.05, 0.1) is 0 Å². The van der Waals surface area contributed by atoms with E-state index in [9.17, 15) is 26.3 Å². The maximum absolute atomic E-state index is 12.7. The number of nitrogens with zero attached hydrogens (tertiary/aromatic N) is 4. The Hall–Kier alpha value is -3.70. The topological polar surface area (TPSA) is 77.8 Å². The van der Waals surface area contributed by atoms with E-state index in [4.69, 9.17) is 8.83 Å². The zero-order valence-electron chi connectivity index (χ0n) is 14.5. The number of hydrogen-bond acceptors (Lipinski definition) is 6. The molecule has 0 aliphatic heterocycles. The van der Waals surface area contributed by atoms with Crippen LogP contribution in [0.5, 0.6) is 0 Å². The fraction of sp³-hybridized carbons (Fsp3) is 0.111. The van der Waals surface area contributed by atoms with Gasteiger partial charge in [-0.1, -0.05) is 0 Å². The van der Waals surface area contributed by atoms with Gasteiger partial charge in [-0.3, -0.25) is 9.97 Å². The smallest absolute Gasteiger partial charge is 0.433 e. The minimum atomic E-state index is -4.60. The van der Waals surface area contributed by atoms with Crippen molar-refractivity contribution < 1.29 is 35.2 Å². The summed E-state index contributed by atoms with van der Waals surface area (Å²) < 4.78 is 86.9. The van der Waals surface area contributed by atoms with Crippen molar-refractivity contribution in [3.05, 3.63) is 60.8 Å². The summed E-state index contributed by atoms with van der Waals surface area (Å²) in [6, 6.07) is 3.89. The average molecular weight is 426 g/mol. The van der Waals surface area contributed by atoms with E-state index in [1.165, 1.54) is 0 Å². The molecule has 4 rings (SSSR count). The molecule has 4 heterocycles. The maximum Gasteiger partial charge on any atom is 0.433 e. The van der Waals surface area contributed by atoms with Crippen molar-refractivity contribution in [3.63, 3.8) is 0 Å². The quantitative estimate of drug-likeness (QED) is 0.403. The molecular formula is C18H8F6N4O2. The first kappa shape index (κ1) is 19.6. The lowest BCUT2D eigenvalue weighted by Gasteiger charge is -2.07. The fourth-order valence-corrected chi connectivity index (χ4v) is 2.63. The Balaban J connectivity index is 1.72. The van der Waals surface area contributed by atoms with E-state index in [1.807, 2.05) is 0 Å². The van der Waals surface area contributed by atoms with Crippen LogP contribution < -0.4 is 0 Å². The third-order valence-corrected chi connectivity index (χ3v) is 4.00. The summed E-state index contributed by atoms with van der Waals surface area (Å²) in [5.74, 6) is 0.0351. The number of aromatic nitrogens is 4. The van der Waals surface area contributed by atoms with E-state index in [1.54, 1.807) is 0 Å². The summed E-state index contributed by atoms with van der Waals surface area (Å²) in [5.41, 5.74) is -1.50. The number of halogens is 6. The lowest BCUT2D eigenvalue weighted by atomic mass is 10.1. The average Bonchev–Trinajstić information content (AvgIpc) is 3.36. The molecule has 0 bridgehead atoms. The highest BCUT2D eigenvalue weighted by atomic mass is 19.4. The monoisotopic (exact) mass is 426 g/mol. The number of alkyl halides is 6. The zero-order chi connectivity index (χ0) is 21.5. The van der Waals surface area contributed by atoms with Crippen LogP contribution in [0.15, 0.2) is 58.3 Å². The summed E-state index contributed by atoms with van der Waals surface area (Å²) in [7, 11) is 0. The van der Waals surface area contributed by atoms with Crippen molar-refractivity contribution in [2.75, 3.05) is 0 Å². The van der Waals surface area contributed by atoms with Crippen LogP contribution in [0.25, 0.3) is 34.0 Å². The van der Waals surface area contributed by atoms with E-state index in [0.29, 0.717) is 0 Å². The van der Waals surface area contributed by atoms with Crippen LogP contribution in [0.2, 0.25) is 0 Å². The molecule has 0 aliphatic carbocycles. The minimum Gasteiger partial charge on any atom is -0.439 e. The minimum absolute atomic E-state index is 0.0176. The van der Waals surface area contributed by atoms with E-state index in [-0.39, 0.29) is 34.0 Å². The van der Waals surface area contributed by atoms with Crippen LogP contribution in [0, 0.1) is 0 Å². The first-order valence-corrected chi connectivity index (χ1v) is 8.09. The molecule has 12 heteroatoms. The highest BCUT2D eigenvalue weighted by molar-refractivity contribution is 5.81. The molecule has 30 heavy (non-hydrogen) atoms. The van der Waals surface area contributed by atoms with Gasteiger partial charge >= 0.3 is 12.4 Å². The standard InChI is InChI=1S/C18H8F6N4O2/c19-17(20,21)11-3-1-9(5-25-11)13-15(29-7-27-13)16-14(28-8-30-16)10-2-4-12(26-6-10)18(22,23)24/h1-8H. The van der Waals surface area contributed by atoms with E-state index in [0.717, 1.165) is 49.4 Å². The van der Waals surface area contributed by atoms with Crippen molar-refractivity contribution in [3.8, 4) is 34.0 Å². The summed E-state index contributed by atoms with van der Waals surface area (Å²) in [5, 5.41) is 0. The van der Waals surface area contributed by atoms with Gasteiger partial charge < -0.3 is 8.83 Å². The number of hydrogen-bond donors (Lipinski definition) is 0. The second kappa shape index (κ2) is 6.97. The largest absolute Gasteiger partial charge is 0.439 e. The van der Waals surface area contributed by atoms with Gasteiger partial charge in [-0.2, -0.15) is 26.3 Å². The highest BCUT2D eigenvalue weighted by Gasteiger charge is 2.33. The van der Waals surface area contributed by atoms with Crippen LogP contribution in [0.3, 0.4) is 0 Å². The molecule has 0 atom stereocenters. The molecule has 0 aliphatic rings. The van der Waals surface area contributed by atoms with Gasteiger partial charge in [-0.15, -0.1) is 0 Å². The normalized spacial score (nSPS) is 12.3. The summed E-state index contributed by atoms with van der Waals surface area (Å²) in [4.78, 5) is 14.7. The van der Waals surface area contributed by atoms with Crippen molar-refractivity contribution in [1.29, 1.82) is 0 Å². The molecule has 6 nitrogen and oxygen atoms in total. The molecule has 154 valence electrons. The summed E-state index contributed by atoms with van der Waals surface area (Å²) in [6.45, 7) is 0. The van der Waals surface area contributed by atoms with Crippen molar-refractivity contribution >= 4 is 0 Å². The molecule has 0 saturated carbocycles. The molecular weight excluding hydrogens is 418 g/mol. The molecule has 0 amide bonds. The van der Waals surface area contributed by atoms with Crippen molar-refractivity contribution in [2.24, 2.45) is 0 Å². The van der Waals surface area contributed by atoms with Gasteiger partial charge in [-0.25, -0.2) is 9.97 Å². The Bertz CT molecular complexity index is 1070. The van der Waals surface area contributed by atoms with Crippen LogP contribution in [-0.4, -0.2) is 19.9 Å². The third kappa shape index (κ3) is 3.63. The zero-order valence-corrected chi connectivity index (χ0v) is 14.5. The predicted molar refractivity (Wildman–Crippen MR) is 88.5 cm³/mol. The Morgan fingerprint density at radius 2 is 0.967 bits per heavy atom. The summed E-state index contributed by atoms with van der Waals surface area (Å²) >= 11 is 0. The Kier molecular flexibility index (Phi) is 4.56. The van der Waals surface area contributed by atoms with Crippen LogP contribution in [0.1, 0.15) is 11.4 Å². The molecule has 0 saturated heterocycles. The summed E-state index contributed by atoms with van der Waals surface area (Å²) in [6.07, 6.45) is -5.17. The first-order chi connectivity index (χ1) is 14.1. The highest BCUT2D eigenvalue weighted by Crippen LogP contribution is 2.38. The molecule has 4 aromatic rings. The molecule has 0 fully saturated rings. The lowest BCUT2D eigenvalue weighted by Crippen LogP contribution is -2.07. The van der Waals surface area contributed by atoms with Gasteiger partial charge in [0.2, 0.25) is 0 Å². The molecule has 0 spiro atoms. The number of pyridine rings is 2. The first-order valence-electron chi connectivity index (χ1n) is 8.09. The Morgan fingerprint density at radius 1 is 0.567 bits per heavy atom. The number of rotatable bonds is 3. The second-order valence-corrected chi connectivity index (χ2v) is 5.92. The van der Waals surface area contributed by atoms with Gasteiger partial charge in [0.25, 0.3) is 0 Å². The van der Waals surface area contributed by atoms with Crippen LogP contribution >= 0.6 is 0 Å². The fourth-order valence-electron chi connectivity index (χ4n) is 2.63. The van der Waals surface area contributed by atoms with E-state index < -0.39 is 23.7 Å². The predicted octanol–water partition coefficient (Wildman–Crippen LogP) is 5.49. The van der Waals surface area contributed by atoms with Crippen LogP contribution in [0.4, 0.5) is 26.3 Å². The van der Waals surface area contributed by atoms with Gasteiger partial charge in [-0.05, 0) is 24.3 Å². The molecule has 0 aromatic carbocycles. The van der Waals surface area contributed by atoms with Gasteiger partial charge in [0.15, 0.2) is 24.3 Å². The van der Waals surface area contributed by atoms with E-state index in [2.05, 4.69) is 19.9 Å². The Labute approximate surface area is 163 Å². The van der Waals surface area contributed by atoms with Crippen LogP contribution in [-0.2, 0) is 12.4 Å². The van der Waals surface area contributed by atoms with Gasteiger partial charge in [0.1, 0.15) is 22.8 Å². The number of oxazole rings is 2. The van der Waals surface area contributed by atoms with Crippen molar-refractivity contribution in [2.45, 2.75) is 12.4 Å². The maximum atomic E-state index is 12.7. The molecule has 0 N–H and O–H groups in total. The molecule has 0 radical (unpaired) electrons. The third-order valence-electron chi connectivity index (χ3n) is 4.00. The molecule has 0 unspecified atom stereocenters.